The van der Waals surface area contributed by atoms with Gasteiger partial charge in [0.25, 0.3) is 11.8 Å². The van der Waals surface area contributed by atoms with Gasteiger partial charge in [-0.25, -0.2) is 0 Å². The van der Waals surface area contributed by atoms with Gasteiger partial charge in [-0.3, -0.25) is 19.3 Å². The van der Waals surface area contributed by atoms with Crippen LogP contribution >= 0.6 is 11.8 Å². The molecule has 2 aromatic carbocycles. The van der Waals surface area contributed by atoms with Crippen molar-refractivity contribution in [1.29, 1.82) is 0 Å². The minimum atomic E-state index is -1.11. The molecule has 2 atom stereocenters. The number of thioether (sulfide) groups is 1. The highest BCUT2D eigenvalue weighted by Crippen LogP contribution is 2.53. The summed E-state index contributed by atoms with van der Waals surface area (Å²) in [4.78, 5) is 38.6. The minimum absolute atomic E-state index is 0.0771. The second-order valence-corrected chi connectivity index (χ2v) is 8.72. The SMILES string of the molecule is O=C(NC[C@H]1CCCO1)c1ccc(N2C(=O)CS[C@]23C(=O)Nc2ccccc23)cc1. The fourth-order valence-electron chi connectivity index (χ4n) is 4.25. The van der Waals surface area contributed by atoms with E-state index in [4.69, 9.17) is 4.74 Å². The normalized spacial score (nSPS) is 24.9. The highest BCUT2D eigenvalue weighted by molar-refractivity contribution is 8.02. The number of anilines is 2. The molecule has 2 saturated heterocycles. The van der Waals surface area contributed by atoms with Crippen molar-refractivity contribution < 1.29 is 19.1 Å². The van der Waals surface area contributed by atoms with Gasteiger partial charge in [0.2, 0.25) is 10.8 Å². The number of hydrogen-bond donors (Lipinski definition) is 2. The van der Waals surface area contributed by atoms with Gasteiger partial charge in [-0.15, -0.1) is 11.8 Å². The Morgan fingerprint density at radius 2 is 2.00 bits per heavy atom. The number of hydrogen-bond acceptors (Lipinski definition) is 5. The van der Waals surface area contributed by atoms with Crippen LogP contribution in [0.4, 0.5) is 11.4 Å². The van der Waals surface area contributed by atoms with E-state index in [2.05, 4.69) is 10.6 Å². The van der Waals surface area contributed by atoms with Crippen LogP contribution in [0.2, 0.25) is 0 Å². The minimum Gasteiger partial charge on any atom is -0.376 e. The predicted octanol–water partition coefficient (Wildman–Crippen LogP) is 2.48. The maximum Gasteiger partial charge on any atom is 0.266 e. The maximum absolute atomic E-state index is 13.0. The third-order valence-electron chi connectivity index (χ3n) is 5.72. The van der Waals surface area contributed by atoms with Gasteiger partial charge in [0.15, 0.2) is 0 Å². The molecule has 3 heterocycles. The van der Waals surface area contributed by atoms with Crippen LogP contribution in [0.1, 0.15) is 28.8 Å². The molecule has 1 spiro atoms. The van der Waals surface area contributed by atoms with E-state index in [0.717, 1.165) is 30.7 Å². The Hall–Kier alpha value is -2.84. The Bertz CT molecular complexity index is 1020. The lowest BCUT2D eigenvalue weighted by molar-refractivity contribution is -0.122. The average Bonchev–Trinajstić information content (AvgIpc) is 3.47. The maximum atomic E-state index is 13.0. The fraction of sp³-hybridized carbons (Fsp3) is 0.318. The quantitative estimate of drug-likeness (QED) is 0.789. The second kappa shape index (κ2) is 7.45. The molecule has 2 fully saturated rings. The lowest BCUT2D eigenvalue weighted by Gasteiger charge is -2.32. The largest absolute Gasteiger partial charge is 0.376 e. The van der Waals surface area contributed by atoms with Gasteiger partial charge < -0.3 is 15.4 Å². The van der Waals surface area contributed by atoms with Crippen LogP contribution in [0.25, 0.3) is 0 Å². The Morgan fingerprint density at radius 1 is 1.20 bits per heavy atom. The molecule has 7 nitrogen and oxygen atoms in total. The Balaban J connectivity index is 1.40. The van der Waals surface area contributed by atoms with Crippen LogP contribution in [0, 0.1) is 0 Å². The summed E-state index contributed by atoms with van der Waals surface area (Å²) in [6.45, 7) is 1.23. The van der Waals surface area contributed by atoms with Gasteiger partial charge in [0, 0.05) is 35.7 Å². The summed E-state index contributed by atoms with van der Waals surface area (Å²) in [5, 5.41) is 5.79. The second-order valence-electron chi connectivity index (χ2n) is 7.55. The zero-order valence-electron chi connectivity index (χ0n) is 16.2. The summed E-state index contributed by atoms with van der Waals surface area (Å²) in [6.07, 6.45) is 2.06. The van der Waals surface area contributed by atoms with Crippen LogP contribution in [0.3, 0.4) is 0 Å². The molecule has 5 rings (SSSR count). The van der Waals surface area contributed by atoms with Crippen molar-refractivity contribution in [2.75, 3.05) is 29.1 Å². The molecule has 2 N–H and O–H groups in total. The summed E-state index contributed by atoms with van der Waals surface area (Å²) in [5.41, 5.74) is 2.60. The molecular weight excluding hydrogens is 402 g/mol. The Morgan fingerprint density at radius 3 is 2.77 bits per heavy atom. The van der Waals surface area contributed by atoms with E-state index in [-0.39, 0.29) is 29.6 Å². The Kier molecular flexibility index (Phi) is 4.75. The summed E-state index contributed by atoms with van der Waals surface area (Å²) >= 11 is 1.32. The van der Waals surface area contributed by atoms with Crippen LogP contribution in [-0.2, 0) is 19.2 Å². The standard InChI is InChI=1S/C22H21N3O4S/c26-19-13-30-22(17-5-1-2-6-18(17)24-21(22)28)25(19)15-9-7-14(8-10-15)20(27)23-12-16-4-3-11-29-16/h1-2,5-10,16H,3-4,11-13H2,(H,23,27)(H,24,28)/t16-,22-/m1/s1. The summed E-state index contributed by atoms with van der Waals surface area (Å²) in [6, 6.07) is 14.2. The molecule has 3 amide bonds. The first-order valence-electron chi connectivity index (χ1n) is 9.97. The molecule has 154 valence electrons. The first-order valence-corrected chi connectivity index (χ1v) is 11.0. The first-order chi connectivity index (χ1) is 14.6. The fourth-order valence-corrected chi connectivity index (χ4v) is 5.57. The summed E-state index contributed by atoms with van der Waals surface area (Å²) < 4.78 is 5.53. The van der Waals surface area contributed by atoms with Crippen molar-refractivity contribution >= 4 is 40.9 Å². The molecule has 3 aliphatic heterocycles. The number of nitrogens with zero attached hydrogens (tertiary/aromatic N) is 1. The van der Waals surface area contributed by atoms with Gasteiger partial charge in [-0.05, 0) is 43.2 Å². The van der Waals surface area contributed by atoms with E-state index < -0.39 is 4.87 Å². The summed E-state index contributed by atoms with van der Waals surface area (Å²) in [7, 11) is 0. The number of amides is 3. The molecule has 0 unspecified atom stereocenters. The molecule has 0 radical (unpaired) electrons. The third kappa shape index (κ3) is 2.98. The highest BCUT2D eigenvalue weighted by atomic mass is 32.2. The van der Waals surface area contributed by atoms with Gasteiger partial charge in [0.1, 0.15) is 0 Å². The third-order valence-corrected chi connectivity index (χ3v) is 7.12. The van der Waals surface area contributed by atoms with E-state index >= 15 is 0 Å². The molecule has 2 aromatic rings. The monoisotopic (exact) mass is 423 g/mol. The van der Waals surface area contributed by atoms with E-state index in [0.29, 0.717) is 17.8 Å². The number of nitrogens with one attached hydrogen (secondary N) is 2. The van der Waals surface area contributed by atoms with Crippen LogP contribution in [0.5, 0.6) is 0 Å². The van der Waals surface area contributed by atoms with E-state index in [1.165, 1.54) is 11.8 Å². The molecular formula is C22H21N3O4S. The molecule has 3 aliphatic rings. The van der Waals surface area contributed by atoms with E-state index in [1.807, 2.05) is 24.3 Å². The van der Waals surface area contributed by atoms with Crippen molar-refractivity contribution in [3.05, 3.63) is 59.7 Å². The van der Waals surface area contributed by atoms with Gasteiger partial charge in [-0.1, -0.05) is 18.2 Å². The number of para-hydroxylation sites is 1. The number of fused-ring (bicyclic) bond motifs is 2. The Labute approximate surface area is 178 Å². The molecule has 0 bridgehead atoms. The van der Waals surface area contributed by atoms with Crippen molar-refractivity contribution in [3.63, 3.8) is 0 Å². The van der Waals surface area contributed by atoms with Gasteiger partial charge >= 0.3 is 0 Å². The summed E-state index contributed by atoms with van der Waals surface area (Å²) in [5.74, 6) is -0.330. The van der Waals surface area contributed by atoms with Crippen molar-refractivity contribution in [3.8, 4) is 0 Å². The lowest BCUT2D eigenvalue weighted by Crippen LogP contribution is -2.47. The average molecular weight is 423 g/mol. The first kappa shape index (κ1) is 19.1. The van der Waals surface area contributed by atoms with E-state index in [9.17, 15) is 14.4 Å². The zero-order valence-corrected chi connectivity index (χ0v) is 17.0. The van der Waals surface area contributed by atoms with Gasteiger partial charge in [0.05, 0.1) is 11.9 Å². The zero-order chi connectivity index (χ0) is 20.7. The molecule has 0 saturated carbocycles. The van der Waals surface area contributed by atoms with Gasteiger partial charge in [-0.2, -0.15) is 0 Å². The number of benzene rings is 2. The van der Waals surface area contributed by atoms with Crippen LogP contribution < -0.4 is 15.5 Å². The number of carbonyl (C=O) groups excluding carboxylic acids is 3. The number of ether oxygens (including phenoxy) is 1. The van der Waals surface area contributed by atoms with E-state index in [1.54, 1.807) is 29.2 Å². The lowest BCUT2D eigenvalue weighted by atomic mass is 10.0. The van der Waals surface area contributed by atoms with Crippen LogP contribution in [0.15, 0.2) is 48.5 Å². The molecule has 30 heavy (non-hydrogen) atoms. The molecule has 0 aliphatic carbocycles. The van der Waals surface area contributed by atoms with Crippen molar-refractivity contribution in [2.24, 2.45) is 0 Å². The molecule has 8 heteroatoms. The van der Waals surface area contributed by atoms with Crippen molar-refractivity contribution in [1.82, 2.24) is 5.32 Å². The number of carbonyl (C=O) groups is 3. The smallest absolute Gasteiger partial charge is 0.266 e. The predicted molar refractivity (Wildman–Crippen MR) is 114 cm³/mol. The molecule has 0 aromatic heterocycles. The topological polar surface area (TPSA) is 87.7 Å². The van der Waals surface area contributed by atoms with Crippen LogP contribution in [-0.4, -0.2) is 42.7 Å². The number of rotatable bonds is 4. The van der Waals surface area contributed by atoms with Crippen molar-refractivity contribution in [2.45, 2.75) is 23.8 Å². The highest BCUT2D eigenvalue weighted by Gasteiger charge is 2.58.